The van der Waals surface area contributed by atoms with Gasteiger partial charge in [0.2, 0.25) is 0 Å². The van der Waals surface area contributed by atoms with E-state index in [2.05, 4.69) is 46.1 Å². The van der Waals surface area contributed by atoms with Gasteiger partial charge in [0, 0.05) is 13.1 Å². The Hall–Kier alpha value is -1.11. The summed E-state index contributed by atoms with van der Waals surface area (Å²) in [6, 6.07) is 18.4. The predicted octanol–water partition coefficient (Wildman–Crippen LogP) is 3.40. The number of benzene rings is 2. The molecule has 0 aromatic heterocycles. The Labute approximate surface area is 138 Å². The van der Waals surface area contributed by atoms with Crippen molar-refractivity contribution in [3.8, 4) is 5.75 Å². The summed E-state index contributed by atoms with van der Waals surface area (Å²) < 4.78 is 13.3. The zero-order valence-corrected chi connectivity index (χ0v) is 13.8. The van der Waals surface area contributed by atoms with Gasteiger partial charge in [-0.3, -0.25) is 0 Å². The lowest BCUT2D eigenvalue weighted by Crippen LogP contribution is -2.43. The molecular weight excluding hydrogens is 373 g/mol. The fourth-order valence-corrected chi connectivity index (χ4v) is 2.97. The smallest absolute Gasteiger partial charge is 0.151 e. The maximum Gasteiger partial charge on any atom is 0.151 e. The van der Waals surface area contributed by atoms with Gasteiger partial charge < -0.3 is 14.8 Å². The van der Waals surface area contributed by atoms with Crippen molar-refractivity contribution < 1.29 is 9.47 Å². The summed E-state index contributed by atoms with van der Waals surface area (Å²) in [5.74, 6) is 0.904. The monoisotopic (exact) mass is 391 g/mol. The number of morpholine rings is 1. The number of hydrogen-bond donors (Lipinski definition) is 1. The number of halogens is 1. The van der Waals surface area contributed by atoms with Crippen molar-refractivity contribution in [3.63, 3.8) is 0 Å². The molecule has 21 heavy (non-hydrogen) atoms. The highest BCUT2D eigenvalue weighted by Gasteiger charge is 2.28. The summed E-state index contributed by atoms with van der Waals surface area (Å²) in [6.07, 6.45) is -0.0768. The van der Waals surface area contributed by atoms with Crippen molar-refractivity contribution in [1.82, 2.24) is 5.32 Å². The van der Waals surface area contributed by atoms with Gasteiger partial charge in [0.25, 0.3) is 0 Å². The number of nitrogens with one attached hydrogen (secondary N) is 1. The van der Waals surface area contributed by atoms with E-state index in [9.17, 15) is 0 Å². The third-order valence-corrected chi connectivity index (χ3v) is 4.40. The normalized spacial score (nSPS) is 20.0. The molecule has 1 aliphatic rings. The van der Waals surface area contributed by atoms with Crippen molar-refractivity contribution in [2.75, 3.05) is 19.7 Å². The molecule has 1 fully saturated rings. The molecule has 0 amide bonds. The summed E-state index contributed by atoms with van der Waals surface area (Å²) in [5.41, 5.74) is 1.14. The second kappa shape index (κ2) is 7.24. The van der Waals surface area contributed by atoms with Gasteiger partial charge in [0.05, 0.1) is 10.2 Å². The lowest BCUT2D eigenvalue weighted by molar-refractivity contribution is -0.0435. The molecule has 2 aromatic carbocycles. The number of para-hydroxylation sites is 1. The van der Waals surface area contributed by atoms with Gasteiger partial charge in [0.1, 0.15) is 11.9 Å². The standard InChI is InChI=1S/C17H18INO2/c18-14-8-4-5-9-15(14)21-17(13-6-2-1-3-7-13)16-12-19-10-11-20-16/h1-9,16-17,19H,10-12H2/t16-,17+/m0/s1/i18-4. The maximum atomic E-state index is 6.30. The highest BCUT2D eigenvalue weighted by Crippen LogP contribution is 2.30. The van der Waals surface area contributed by atoms with Crippen LogP contribution in [0.2, 0.25) is 0 Å². The number of ether oxygens (including phenoxy) is 2. The van der Waals surface area contributed by atoms with Crippen molar-refractivity contribution in [3.05, 3.63) is 63.7 Å². The highest BCUT2D eigenvalue weighted by atomic mass is 123. The van der Waals surface area contributed by atoms with E-state index in [1.807, 2.05) is 36.4 Å². The van der Waals surface area contributed by atoms with Gasteiger partial charge in [-0.1, -0.05) is 42.5 Å². The first-order valence-corrected chi connectivity index (χ1v) is 8.21. The summed E-state index contributed by atoms with van der Waals surface area (Å²) in [6.45, 7) is 2.44. The van der Waals surface area contributed by atoms with E-state index in [1.165, 1.54) is 0 Å². The minimum atomic E-state index is -0.102. The van der Waals surface area contributed by atoms with Crippen LogP contribution in [0.4, 0.5) is 0 Å². The van der Waals surface area contributed by atoms with Gasteiger partial charge >= 0.3 is 0 Å². The molecule has 110 valence electrons. The second-order valence-corrected chi connectivity index (χ2v) is 6.16. The van der Waals surface area contributed by atoms with E-state index in [-0.39, 0.29) is 12.2 Å². The molecule has 2 aromatic rings. The minimum Gasteiger partial charge on any atom is -0.482 e. The first kappa shape index (κ1) is 14.8. The highest BCUT2D eigenvalue weighted by molar-refractivity contribution is 14.1. The van der Waals surface area contributed by atoms with Crippen molar-refractivity contribution in [1.29, 1.82) is 0 Å². The average molecular weight is 391 g/mol. The van der Waals surface area contributed by atoms with Crippen molar-refractivity contribution in [2.24, 2.45) is 0 Å². The van der Waals surface area contributed by atoms with Gasteiger partial charge in [-0.2, -0.15) is 0 Å². The topological polar surface area (TPSA) is 30.5 Å². The van der Waals surface area contributed by atoms with E-state index in [0.717, 1.165) is 34.6 Å². The SMILES string of the molecule is [123I]c1ccccc1O[C@H](c1ccccc1)[C@@H]1CNCCO1. The molecule has 1 N–H and O–H groups in total. The summed E-state index contributed by atoms with van der Waals surface area (Å²) in [5, 5.41) is 3.38. The van der Waals surface area contributed by atoms with Crippen LogP contribution in [-0.2, 0) is 4.74 Å². The molecule has 3 nitrogen and oxygen atoms in total. The molecule has 2 atom stereocenters. The van der Waals surface area contributed by atoms with Gasteiger partial charge in [-0.25, -0.2) is 0 Å². The lowest BCUT2D eigenvalue weighted by Gasteiger charge is -2.31. The fraction of sp³-hybridized carbons (Fsp3) is 0.294. The first-order valence-electron chi connectivity index (χ1n) is 7.13. The molecule has 1 saturated heterocycles. The molecule has 1 heterocycles. The minimum absolute atomic E-state index is 0.0251. The summed E-state index contributed by atoms with van der Waals surface area (Å²) in [7, 11) is 0. The quantitative estimate of drug-likeness (QED) is 0.811. The molecule has 4 heteroatoms. The molecule has 0 unspecified atom stereocenters. The second-order valence-electron chi connectivity index (χ2n) is 4.99. The van der Waals surface area contributed by atoms with Crippen LogP contribution in [0.5, 0.6) is 5.75 Å². The van der Waals surface area contributed by atoms with E-state index >= 15 is 0 Å². The molecular formula is C17H18INO2. The molecule has 0 radical (unpaired) electrons. The first-order chi connectivity index (χ1) is 10.3. The van der Waals surface area contributed by atoms with Gasteiger partial charge in [0.15, 0.2) is 6.10 Å². The van der Waals surface area contributed by atoms with Crippen LogP contribution in [0.25, 0.3) is 0 Å². The van der Waals surface area contributed by atoms with Crippen molar-refractivity contribution >= 4 is 22.6 Å². The Bertz CT molecular complexity index is 570. The third-order valence-electron chi connectivity index (χ3n) is 3.51. The Morgan fingerprint density at radius 1 is 1.10 bits per heavy atom. The van der Waals surface area contributed by atoms with Gasteiger partial charge in [-0.15, -0.1) is 0 Å². The Kier molecular flexibility index (Phi) is 5.11. The summed E-state index contributed by atoms with van der Waals surface area (Å²) >= 11 is 2.30. The molecule has 3 rings (SSSR count). The van der Waals surface area contributed by atoms with E-state index in [1.54, 1.807) is 0 Å². The molecule has 0 spiro atoms. The maximum absolute atomic E-state index is 6.30. The zero-order chi connectivity index (χ0) is 14.5. The summed E-state index contributed by atoms with van der Waals surface area (Å²) in [4.78, 5) is 0. The van der Waals surface area contributed by atoms with E-state index < -0.39 is 0 Å². The number of rotatable bonds is 4. The Morgan fingerprint density at radius 2 is 1.86 bits per heavy atom. The molecule has 0 bridgehead atoms. The van der Waals surface area contributed by atoms with Crippen LogP contribution in [0.15, 0.2) is 54.6 Å². The Morgan fingerprint density at radius 3 is 2.57 bits per heavy atom. The van der Waals surface area contributed by atoms with Crippen LogP contribution < -0.4 is 10.1 Å². The predicted molar refractivity (Wildman–Crippen MR) is 91.6 cm³/mol. The van der Waals surface area contributed by atoms with Crippen LogP contribution in [-0.4, -0.2) is 25.8 Å². The largest absolute Gasteiger partial charge is 0.482 e. The molecule has 1 aliphatic heterocycles. The fourth-order valence-electron chi connectivity index (χ4n) is 2.46. The molecule has 0 saturated carbocycles. The van der Waals surface area contributed by atoms with Gasteiger partial charge in [-0.05, 0) is 40.3 Å². The lowest BCUT2D eigenvalue weighted by atomic mass is 10.0. The van der Waals surface area contributed by atoms with Crippen molar-refractivity contribution in [2.45, 2.75) is 12.2 Å². The van der Waals surface area contributed by atoms with E-state index in [4.69, 9.17) is 9.47 Å². The zero-order valence-electron chi connectivity index (χ0n) is 11.7. The average Bonchev–Trinajstić information content (AvgIpc) is 2.56. The van der Waals surface area contributed by atoms with Crippen LogP contribution in [0, 0.1) is 3.57 Å². The van der Waals surface area contributed by atoms with Crippen LogP contribution >= 0.6 is 22.6 Å². The Balaban J connectivity index is 1.87. The third kappa shape index (κ3) is 3.75. The van der Waals surface area contributed by atoms with Crippen LogP contribution in [0.1, 0.15) is 11.7 Å². The number of hydrogen-bond acceptors (Lipinski definition) is 3. The molecule has 0 aliphatic carbocycles. The van der Waals surface area contributed by atoms with E-state index in [0.29, 0.717) is 0 Å². The van der Waals surface area contributed by atoms with Crippen LogP contribution in [0.3, 0.4) is 0 Å².